The maximum Gasteiger partial charge on any atom is 0.410 e. The van der Waals surface area contributed by atoms with E-state index in [9.17, 15) is 9.90 Å². The first-order chi connectivity index (χ1) is 8.80. The number of H-pyrrole nitrogens is 1. The van der Waals surface area contributed by atoms with E-state index in [1.807, 2.05) is 20.8 Å². The Bertz CT molecular complexity index is 432. The lowest BCUT2D eigenvalue weighted by atomic mass is 9.91. The smallest absolute Gasteiger partial charge is 0.410 e. The van der Waals surface area contributed by atoms with E-state index in [2.05, 4.69) is 20.6 Å². The van der Waals surface area contributed by atoms with Gasteiger partial charge < -0.3 is 14.7 Å². The van der Waals surface area contributed by atoms with Gasteiger partial charge in [0.15, 0.2) is 0 Å². The van der Waals surface area contributed by atoms with Crippen LogP contribution in [0, 0.1) is 0 Å². The molecule has 8 nitrogen and oxygen atoms in total. The number of carbonyl (C=O) groups is 1. The molecule has 0 spiro atoms. The van der Waals surface area contributed by atoms with Crippen molar-refractivity contribution in [3.63, 3.8) is 0 Å². The van der Waals surface area contributed by atoms with E-state index in [0.717, 1.165) is 0 Å². The second-order valence-electron chi connectivity index (χ2n) is 5.73. The Morgan fingerprint density at radius 1 is 1.42 bits per heavy atom. The fourth-order valence-corrected chi connectivity index (χ4v) is 1.97. The molecular formula is C11H19N5O3. The van der Waals surface area contributed by atoms with Gasteiger partial charge in [-0.15, -0.1) is 10.2 Å². The van der Waals surface area contributed by atoms with Crippen molar-refractivity contribution in [3.05, 3.63) is 5.82 Å². The number of nitrogens with one attached hydrogen (secondary N) is 1. The molecule has 0 radical (unpaired) electrons. The summed E-state index contributed by atoms with van der Waals surface area (Å²) in [6.07, 6.45) is 0.375. The fraction of sp³-hybridized carbons (Fsp3) is 0.818. The molecule has 2 rings (SSSR count). The molecule has 1 aliphatic rings. The van der Waals surface area contributed by atoms with Crippen molar-refractivity contribution in [1.82, 2.24) is 25.5 Å². The van der Waals surface area contributed by atoms with E-state index in [4.69, 9.17) is 4.74 Å². The number of rotatable bonds is 1. The minimum Gasteiger partial charge on any atom is -0.444 e. The maximum absolute atomic E-state index is 11.9. The monoisotopic (exact) mass is 269 g/mol. The van der Waals surface area contributed by atoms with Gasteiger partial charge in [-0.1, -0.05) is 5.21 Å². The maximum atomic E-state index is 11.9. The zero-order valence-electron chi connectivity index (χ0n) is 11.4. The van der Waals surface area contributed by atoms with Crippen LogP contribution >= 0.6 is 0 Å². The summed E-state index contributed by atoms with van der Waals surface area (Å²) in [4.78, 5) is 13.5. The summed E-state index contributed by atoms with van der Waals surface area (Å²) in [5.74, 6) is 0.274. The van der Waals surface area contributed by atoms with Crippen LogP contribution in [0.4, 0.5) is 4.79 Å². The Morgan fingerprint density at radius 2 is 2.05 bits per heavy atom. The van der Waals surface area contributed by atoms with Crippen molar-refractivity contribution in [3.8, 4) is 0 Å². The number of nitrogens with zero attached hydrogens (tertiary/aromatic N) is 4. The normalized spacial score (nSPS) is 19.3. The first kappa shape index (κ1) is 13.7. The number of aromatic amines is 1. The third-order valence-electron chi connectivity index (χ3n) is 3.00. The SMILES string of the molecule is CC(C)(C)OC(=O)N1CCC(O)(c2nn[nH]n2)CC1. The van der Waals surface area contributed by atoms with Gasteiger partial charge in [0, 0.05) is 25.9 Å². The zero-order chi connectivity index (χ0) is 14.1. The number of carbonyl (C=O) groups excluding carboxylic acids is 1. The molecule has 0 saturated carbocycles. The van der Waals surface area contributed by atoms with Crippen LogP contribution in [-0.2, 0) is 10.3 Å². The Kier molecular flexibility index (Phi) is 3.44. The first-order valence-corrected chi connectivity index (χ1v) is 6.24. The lowest BCUT2D eigenvalue weighted by Gasteiger charge is -2.36. The van der Waals surface area contributed by atoms with Crippen molar-refractivity contribution in [1.29, 1.82) is 0 Å². The number of piperidine rings is 1. The van der Waals surface area contributed by atoms with Crippen LogP contribution in [0.2, 0.25) is 0 Å². The van der Waals surface area contributed by atoms with E-state index in [1.165, 1.54) is 0 Å². The van der Waals surface area contributed by atoms with Gasteiger partial charge in [0.2, 0.25) is 5.82 Å². The van der Waals surface area contributed by atoms with Crippen molar-refractivity contribution >= 4 is 6.09 Å². The molecule has 0 unspecified atom stereocenters. The highest BCUT2D eigenvalue weighted by Gasteiger charge is 2.39. The highest BCUT2D eigenvalue weighted by Crippen LogP contribution is 2.30. The lowest BCUT2D eigenvalue weighted by molar-refractivity contribution is -0.0408. The molecule has 1 saturated heterocycles. The summed E-state index contributed by atoms with van der Waals surface area (Å²) < 4.78 is 5.29. The predicted octanol–water partition coefficient (Wildman–Crippen LogP) is 0.418. The third-order valence-corrected chi connectivity index (χ3v) is 3.00. The standard InChI is InChI=1S/C11H19N5O3/c1-10(2,3)19-9(17)16-6-4-11(18,5-7-16)8-12-14-15-13-8/h18H,4-7H2,1-3H3,(H,12,13,14,15). The number of likely N-dealkylation sites (tertiary alicyclic amines) is 1. The topological polar surface area (TPSA) is 104 Å². The molecule has 0 aliphatic carbocycles. The molecule has 1 fully saturated rings. The summed E-state index contributed by atoms with van der Waals surface area (Å²) >= 11 is 0. The van der Waals surface area contributed by atoms with Crippen molar-refractivity contribution in [2.45, 2.75) is 44.8 Å². The second kappa shape index (κ2) is 4.76. The molecule has 1 aromatic rings. The van der Waals surface area contributed by atoms with Gasteiger partial charge in [-0.05, 0) is 20.8 Å². The number of ether oxygens (including phenoxy) is 1. The summed E-state index contributed by atoms with van der Waals surface area (Å²) in [7, 11) is 0. The average Bonchev–Trinajstić information content (AvgIpc) is 2.81. The fourth-order valence-electron chi connectivity index (χ4n) is 1.97. The van der Waals surface area contributed by atoms with Crippen molar-refractivity contribution < 1.29 is 14.6 Å². The van der Waals surface area contributed by atoms with Gasteiger partial charge >= 0.3 is 6.09 Å². The molecule has 2 N–H and O–H groups in total. The van der Waals surface area contributed by atoms with E-state index in [0.29, 0.717) is 25.9 Å². The highest BCUT2D eigenvalue weighted by atomic mass is 16.6. The average molecular weight is 269 g/mol. The molecule has 1 amide bonds. The number of amides is 1. The Hall–Kier alpha value is -1.70. The van der Waals surface area contributed by atoms with Gasteiger partial charge in [0.25, 0.3) is 0 Å². The summed E-state index contributed by atoms with van der Waals surface area (Å²) in [6, 6.07) is 0. The molecule has 106 valence electrons. The minimum atomic E-state index is -1.12. The lowest BCUT2D eigenvalue weighted by Crippen LogP contribution is -2.47. The van der Waals surface area contributed by atoms with Crippen LogP contribution in [0.1, 0.15) is 39.4 Å². The number of aliphatic hydroxyl groups is 1. The van der Waals surface area contributed by atoms with Crippen molar-refractivity contribution in [2.75, 3.05) is 13.1 Å². The molecule has 2 heterocycles. The molecule has 0 bridgehead atoms. The Morgan fingerprint density at radius 3 is 2.53 bits per heavy atom. The molecule has 0 atom stereocenters. The third kappa shape index (κ3) is 3.19. The van der Waals surface area contributed by atoms with E-state index in [-0.39, 0.29) is 11.9 Å². The summed E-state index contributed by atoms with van der Waals surface area (Å²) in [5, 5.41) is 23.8. The molecule has 19 heavy (non-hydrogen) atoms. The van der Waals surface area contributed by atoms with E-state index in [1.54, 1.807) is 4.90 Å². The summed E-state index contributed by atoms with van der Waals surface area (Å²) in [6.45, 7) is 6.28. The number of hydrogen-bond donors (Lipinski definition) is 2. The van der Waals surface area contributed by atoms with Gasteiger partial charge in [0.1, 0.15) is 11.2 Å². The molecule has 1 aromatic heterocycles. The van der Waals surface area contributed by atoms with Crippen LogP contribution in [0.25, 0.3) is 0 Å². The molecule has 8 heteroatoms. The Balaban J connectivity index is 1.94. The number of tetrazole rings is 1. The van der Waals surface area contributed by atoms with E-state index < -0.39 is 11.2 Å². The zero-order valence-corrected chi connectivity index (χ0v) is 11.4. The second-order valence-corrected chi connectivity index (χ2v) is 5.73. The minimum absolute atomic E-state index is 0.274. The predicted molar refractivity (Wildman–Crippen MR) is 65.1 cm³/mol. The van der Waals surface area contributed by atoms with Crippen LogP contribution < -0.4 is 0 Å². The van der Waals surface area contributed by atoms with Crippen LogP contribution in [-0.4, -0.2) is 55.4 Å². The number of aromatic nitrogens is 4. The summed E-state index contributed by atoms with van der Waals surface area (Å²) in [5.41, 5.74) is -1.63. The number of hydrogen-bond acceptors (Lipinski definition) is 6. The molecular weight excluding hydrogens is 250 g/mol. The molecule has 1 aliphatic heterocycles. The van der Waals surface area contributed by atoms with Gasteiger partial charge in [-0.2, -0.15) is 5.21 Å². The quantitative estimate of drug-likeness (QED) is 0.765. The first-order valence-electron chi connectivity index (χ1n) is 6.24. The van der Waals surface area contributed by atoms with Crippen molar-refractivity contribution in [2.24, 2.45) is 0 Å². The van der Waals surface area contributed by atoms with Crippen LogP contribution in [0.5, 0.6) is 0 Å². The van der Waals surface area contributed by atoms with Crippen LogP contribution in [0.15, 0.2) is 0 Å². The van der Waals surface area contributed by atoms with Gasteiger partial charge in [0.05, 0.1) is 0 Å². The van der Waals surface area contributed by atoms with E-state index >= 15 is 0 Å². The molecule has 0 aromatic carbocycles. The van der Waals surface area contributed by atoms with Gasteiger partial charge in [-0.3, -0.25) is 0 Å². The van der Waals surface area contributed by atoms with Gasteiger partial charge in [-0.25, -0.2) is 4.79 Å². The Labute approximate surface area is 111 Å². The highest BCUT2D eigenvalue weighted by molar-refractivity contribution is 5.68. The largest absolute Gasteiger partial charge is 0.444 e. The van der Waals surface area contributed by atoms with Crippen LogP contribution in [0.3, 0.4) is 0 Å².